The molecule has 33 heavy (non-hydrogen) atoms. The van der Waals surface area contributed by atoms with Gasteiger partial charge >= 0.3 is 0 Å². The van der Waals surface area contributed by atoms with Crippen molar-refractivity contribution in [2.24, 2.45) is 11.8 Å². The lowest BCUT2D eigenvalue weighted by molar-refractivity contribution is -0.123. The lowest BCUT2D eigenvalue weighted by Crippen LogP contribution is -2.50. The first-order valence-electron chi connectivity index (χ1n) is 12.1. The lowest BCUT2D eigenvalue weighted by Gasteiger charge is -2.34. The molecule has 1 aromatic rings. The van der Waals surface area contributed by atoms with Crippen LogP contribution in [0.15, 0.2) is 29.2 Å². The molecule has 2 atom stereocenters. The normalized spacial score (nSPS) is 23.0. The maximum Gasteiger partial charge on any atom is 0.240 e. The molecule has 1 aromatic carbocycles. The second kappa shape index (κ2) is 12.3. The van der Waals surface area contributed by atoms with Gasteiger partial charge in [0.1, 0.15) is 0 Å². The number of nitrogens with one attached hydrogen (secondary N) is 2. The Labute approximate surface area is 199 Å². The first-order valence-corrected chi connectivity index (χ1v) is 13.6. The maximum absolute atomic E-state index is 12.6. The van der Waals surface area contributed by atoms with Crippen LogP contribution in [0.2, 0.25) is 0 Å². The zero-order chi connectivity index (χ0) is 23.8. The van der Waals surface area contributed by atoms with Crippen molar-refractivity contribution in [1.29, 1.82) is 0 Å². The van der Waals surface area contributed by atoms with E-state index in [2.05, 4.69) is 33.7 Å². The monoisotopic (exact) mass is 480 g/mol. The number of aryl methyl sites for hydroxylation is 1. The zero-order valence-electron chi connectivity index (χ0n) is 20.3. The summed E-state index contributed by atoms with van der Waals surface area (Å²) in [7, 11) is -3.52. The standard InChI is InChI=1S/C24H40N4O4S/c1-19(2)15-28-11-12-32-22(17-28)14-25-24(29)18-27-10-4-5-21(16-27)13-26-33(30,31)23-8-6-20(3)7-9-23/h6-9,19,21-22,26H,4-5,10-18H2,1-3H3,(H,25,29). The Morgan fingerprint density at radius 2 is 1.88 bits per heavy atom. The quantitative estimate of drug-likeness (QED) is 0.527. The van der Waals surface area contributed by atoms with Gasteiger partial charge in [-0.3, -0.25) is 14.6 Å². The Hall–Kier alpha value is -1.52. The van der Waals surface area contributed by atoms with E-state index in [1.807, 2.05) is 6.92 Å². The first kappa shape index (κ1) is 26.1. The molecule has 2 aliphatic rings. The van der Waals surface area contributed by atoms with Gasteiger partial charge in [0.15, 0.2) is 0 Å². The van der Waals surface area contributed by atoms with Gasteiger partial charge < -0.3 is 10.1 Å². The fraction of sp³-hybridized carbons (Fsp3) is 0.708. The molecule has 2 heterocycles. The largest absolute Gasteiger partial charge is 0.374 e. The van der Waals surface area contributed by atoms with Crippen molar-refractivity contribution in [2.75, 3.05) is 59.0 Å². The number of hydrogen-bond donors (Lipinski definition) is 2. The highest BCUT2D eigenvalue weighted by Gasteiger charge is 2.25. The predicted octanol–water partition coefficient (Wildman–Crippen LogP) is 1.46. The van der Waals surface area contributed by atoms with E-state index in [1.165, 1.54) is 0 Å². The average molecular weight is 481 g/mol. The van der Waals surface area contributed by atoms with Crippen LogP contribution >= 0.6 is 0 Å². The van der Waals surface area contributed by atoms with E-state index in [0.717, 1.165) is 44.6 Å². The number of benzene rings is 1. The summed E-state index contributed by atoms with van der Waals surface area (Å²) in [6, 6.07) is 6.87. The molecule has 0 aromatic heterocycles. The fourth-order valence-corrected chi connectivity index (χ4v) is 5.68. The highest BCUT2D eigenvalue weighted by Crippen LogP contribution is 2.17. The molecule has 1 amide bonds. The number of nitrogens with zero attached hydrogens (tertiary/aromatic N) is 2. The summed E-state index contributed by atoms with van der Waals surface area (Å²) < 4.78 is 33.7. The summed E-state index contributed by atoms with van der Waals surface area (Å²) in [6.45, 7) is 12.7. The molecule has 2 fully saturated rings. The Morgan fingerprint density at radius 1 is 1.12 bits per heavy atom. The average Bonchev–Trinajstić information content (AvgIpc) is 2.77. The van der Waals surface area contributed by atoms with E-state index in [0.29, 0.717) is 38.7 Å². The highest BCUT2D eigenvalue weighted by atomic mass is 32.2. The zero-order valence-corrected chi connectivity index (χ0v) is 21.1. The number of rotatable bonds is 10. The van der Waals surface area contributed by atoms with Crippen LogP contribution < -0.4 is 10.0 Å². The minimum atomic E-state index is -3.52. The molecule has 0 aliphatic carbocycles. The van der Waals surface area contributed by atoms with E-state index in [-0.39, 0.29) is 22.8 Å². The minimum absolute atomic E-state index is 0.000434. The third-order valence-corrected chi connectivity index (χ3v) is 7.68. The summed E-state index contributed by atoms with van der Waals surface area (Å²) in [5, 5.41) is 3.03. The van der Waals surface area contributed by atoms with Crippen LogP contribution in [0.4, 0.5) is 0 Å². The summed E-state index contributed by atoms with van der Waals surface area (Å²) in [6.07, 6.45) is 1.95. The van der Waals surface area contributed by atoms with Crippen LogP contribution in [0.3, 0.4) is 0 Å². The number of carbonyl (C=O) groups excluding carboxylic acids is 1. The van der Waals surface area contributed by atoms with Gasteiger partial charge in [-0.05, 0) is 50.3 Å². The van der Waals surface area contributed by atoms with Gasteiger partial charge in [-0.1, -0.05) is 31.5 Å². The van der Waals surface area contributed by atoms with Crippen LogP contribution in [-0.2, 0) is 19.6 Å². The van der Waals surface area contributed by atoms with Gasteiger partial charge in [0.2, 0.25) is 15.9 Å². The number of carbonyl (C=O) groups is 1. The molecule has 0 radical (unpaired) electrons. The Balaban J connectivity index is 1.39. The molecule has 2 N–H and O–H groups in total. The van der Waals surface area contributed by atoms with Gasteiger partial charge in [0.25, 0.3) is 0 Å². The van der Waals surface area contributed by atoms with E-state index >= 15 is 0 Å². The third kappa shape index (κ3) is 8.64. The van der Waals surface area contributed by atoms with Gasteiger partial charge in [0.05, 0.1) is 24.2 Å². The van der Waals surface area contributed by atoms with Crippen LogP contribution in [-0.4, -0.2) is 89.2 Å². The number of piperidine rings is 1. The third-order valence-electron chi connectivity index (χ3n) is 6.24. The number of likely N-dealkylation sites (tertiary alicyclic amines) is 1. The molecule has 9 heteroatoms. The molecule has 2 aliphatic heterocycles. The summed E-state index contributed by atoms with van der Waals surface area (Å²) in [4.78, 5) is 17.3. The topological polar surface area (TPSA) is 91.0 Å². The molecule has 2 unspecified atom stereocenters. The molecule has 0 saturated carbocycles. The Kier molecular flexibility index (Phi) is 9.69. The first-order chi connectivity index (χ1) is 15.7. The second-order valence-corrected chi connectivity index (χ2v) is 11.6. The molecular weight excluding hydrogens is 440 g/mol. The number of morpholine rings is 1. The van der Waals surface area contributed by atoms with Gasteiger partial charge in [0, 0.05) is 39.3 Å². The molecule has 2 saturated heterocycles. The molecule has 0 spiro atoms. The van der Waals surface area contributed by atoms with Gasteiger partial charge in [-0.2, -0.15) is 0 Å². The van der Waals surface area contributed by atoms with Crippen LogP contribution in [0.25, 0.3) is 0 Å². The smallest absolute Gasteiger partial charge is 0.240 e. The summed E-state index contributed by atoms with van der Waals surface area (Å²) >= 11 is 0. The summed E-state index contributed by atoms with van der Waals surface area (Å²) in [5.41, 5.74) is 1.03. The highest BCUT2D eigenvalue weighted by molar-refractivity contribution is 7.89. The fourth-order valence-electron chi connectivity index (χ4n) is 4.56. The maximum atomic E-state index is 12.6. The Bertz CT molecular complexity index is 860. The summed E-state index contributed by atoms with van der Waals surface area (Å²) in [5.74, 6) is 0.810. The van der Waals surface area contributed by atoms with E-state index in [9.17, 15) is 13.2 Å². The van der Waals surface area contributed by atoms with Gasteiger partial charge in [-0.25, -0.2) is 13.1 Å². The molecule has 3 rings (SSSR count). The number of amides is 1. The molecule has 8 nitrogen and oxygen atoms in total. The van der Waals surface area contributed by atoms with Crippen molar-refractivity contribution >= 4 is 15.9 Å². The molecule has 0 bridgehead atoms. The molecular formula is C24H40N4O4S. The SMILES string of the molecule is Cc1ccc(S(=O)(=O)NCC2CCCN(CC(=O)NCC3CN(CC(C)C)CCO3)C2)cc1. The van der Waals surface area contributed by atoms with Crippen molar-refractivity contribution in [1.82, 2.24) is 19.8 Å². The lowest BCUT2D eigenvalue weighted by atomic mass is 9.98. The van der Waals surface area contributed by atoms with Crippen LogP contribution in [0, 0.1) is 18.8 Å². The van der Waals surface area contributed by atoms with Crippen LogP contribution in [0.1, 0.15) is 32.3 Å². The van der Waals surface area contributed by atoms with E-state index < -0.39 is 10.0 Å². The van der Waals surface area contributed by atoms with Crippen molar-refractivity contribution in [3.63, 3.8) is 0 Å². The van der Waals surface area contributed by atoms with Crippen molar-refractivity contribution in [3.8, 4) is 0 Å². The van der Waals surface area contributed by atoms with E-state index in [4.69, 9.17) is 4.74 Å². The van der Waals surface area contributed by atoms with Crippen LogP contribution in [0.5, 0.6) is 0 Å². The number of sulfonamides is 1. The van der Waals surface area contributed by atoms with Gasteiger partial charge in [-0.15, -0.1) is 0 Å². The van der Waals surface area contributed by atoms with E-state index in [1.54, 1.807) is 24.3 Å². The Morgan fingerprint density at radius 3 is 2.61 bits per heavy atom. The van der Waals surface area contributed by atoms with Crippen molar-refractivity contribution < 1.29 is 17.9 Å². The predicted molar refractivity (Wildman–Crippen MR) is 130 cm³/mol. The number of hydrogen-bond acceptors (Lipinski definition) is 6. The number of ether oxygens (including phenoxy) is 1. The minimum Gasteiger partial charge on any atom is -0.374 e. The second-order valence-electron chi connectivity index (χ2n) is 9.86. The van der Waals surface area contributed by atoms with Crippen molar-refractivity contribution in [3.05, 3.63) is 29.8 Å². The van der Waals surface area contributed by atoms with Crippen molar-refractivity contribution in [2.45, 2.75) is 44.6 Å². The molecule has 186 valence electrons.